The minimum atomic E-state index is -0.520. The summed E-state index contributed by atoms with van der Waals surface area (Å²) < 4.78 is 1.77. The van der Waals surface area contributed by atoms with Crippen LogP contribution in [0, 0.1) is 0 Å². The molecule has 1 N–H and O–H groups in total. The van der Waals surface area contributed by atoms with E-state index in [1.807, 2.05) is 50.2 Å². The van der Waals surface area contributed by atoms with Crippen LogP contribution in [0.1, 0.15) is 70.1 Å². The molecule has 0 bridgehead atoms. The molecule has 0 saturated carbocycles. The number of pyridine rings is 1. The molecule has 0 atom stereocenters. The Bertz CT molecular complexity index is 1380. The van der Waals surface area contributed by atoms with Crippen molar-refractivity contribution in [2.24, 2.45) is 0 Å². The molecular formula is C30H31N3O3. The number of amides is 2. The van der Waals surface area contributed by atoms with Gasteiger partial charge in [0.1, 0.15) is 11.1 Å². The Morgan fingerprint density at radius 2 is 1.61 bits per heavy atom. The van der Waals surface area contributed by atoms with Crippen LogP contribution in [0.3, 0.4) is 0 Å². The Kier molecular flexibility index (Phi) is 6.35. The van der Waals surface area contributed by atoms with Crippen LogP contribution in [0.2, 0.25) is 0 Å². The lowest BCUT2D eigenvalue weighted by atomic mass is 9.74. The molecule has 1 saturated heterocycles. The number of aromatic nitrogens is 1. The number of hydrogen-bond acceptors (Lipinski definition) is 3. The second-order valence-corrected chi connectivity index (χ2v) is 9.99. The largest absolute Gasteiger partial charge is 0.350 e. The van der Waals surface area contributed by atoms with Gasteiger partial charge in [-0.3, -0.25) is 14.4 Å². The molecule has 2 aliphatic rings. The van der Waals surface area contributed by atoms with E-state index in [0.29, 0.717) is 19.6 Å². The number of nitrogens with zero attached hydrogens (tertiary/aromatic N) is 2. The van der Waals surface area contributed by atoms with Gasteiger partial charge in [-0.2, -0.15) is 0 Å². The van der Waals surface area contributed by atoms with E-state index in [-0.39, 0.29) is 28.5 Å². The highest BCUT2D eigenvalue weighted by Crippen LogP contribution is 2.43. The number of carbonyl (C=O) groups is 2. The van der Waals surface area contributed by atoms with Gasteiger partial charge in [0.25, 0.3) is 11.8 Å². The topological polar surface area (TPSA) is 71.4 Å². The Hall–Kier alpha value is -3.93. The summed E-state index contributed by atoms with van der Waals surface area (Å²) in [5, 5.41) is 2.83. The first-order valence-electron chi connectivity index (χ1n) is 12.5. The van der Waals surface area contributed by atoms with E-state index in [2.05, 4.69) is 35.7 Å². The van der Waals surface area contributed by atoms with Crippen molar-refractivity contribution in [3.8, 4) is 0 Å². The zero-order chi connectivity index (χ0) is 25.3. The van der Waals surface area contributed by atoms with Gasteiger partial charge < -0.3 is 14.8 Å². The highest BCUT2D eigenvalue weighted by atomic mass is 16.2. The third-order valence-corrected chi connectivity index (χ3v) is 7.43. The molecule has 5 rings (SSSR count). The second-order valence-electron chi connectivity index (χ2n) is 9.99. The lowest BCUT2D eigenvalue weighted by Crippen LogP contribution is -2.45. The Morgan fingerprint density at radius 1 is 0.944 bits per heavy atom. The lowest BCUT2D eigenvalue weighted by molar-refractivity contribution is 0.0688. The number of hydrogen-bond donors (Lipinski definition) is 1. The van der Waals surface area contributed by atoms with Crippen molar-refractivity contribution >= 4 is 17.9 Å². The molecule has 2 amide bonds. The van der Waals surface area contributed by atoms with Gasteiger partial charge in [0.05, 0.1) is 0 Å². The highest BCUT2D eigenvalue weighted by Gasteiger charge is 2.39. The summed E-state index contributed by atoms with van der Waals surface area (Å²) in [6.45, 7) is 5.34. The summed E-state index contributed by atoms with van der Waals surface area (Å²) in [6.07, 6.45) is 9.20. The number of allylic oxidation sites excluding steroid dienone is 1. The third-order valence-electron chi connectivity index (χ3n) is 7.43. The number of piperidine rings is 1. The maximum atomic E-state index is 13.6. The van der Waals surface area contributed by atoms with Crippen LogP contribution in [0.25, 0.3) is 6.08 Å². The Morgan fingerprint density at radius 3 is 2.33 bits per heavy atom. The van der Waals surface area contributed by atoms with Crippen molar-refractivity contribution < 1.29 is 9.59 Å². The van der Waals surface area contributed by atoms with E-state index in [1.54, 1.807) is 21.9 Å². The molecule has 184 valence electrons. The molecule has 1 spiro atoms. The summed E-state index contributed by atoms with van der Waals surface area (Å²) in [4.78, 5) is 41.7. The summed E-state index contributed by atoms with van der Waals surface area (Å²) >= 11 is 0. The second kappa shape index (κ2) is 9.61. The number of fused-ring (bicyclic) bond motifs is 2. The SMILES string of the molecule is CC(C)n1cc(C(=O)NCc2ccccc2)c(=O)c(C(=O)N2CCC3(C=Cc4ccccc43)CC2)c1. The van der Waals surface area contributed by atoms with Crippen molar-refractivity contribution in [1.82, 2.24) is 14.8 Å². The van der Waals surface area contributed by atoms with Gasteiger partial charge in [0.2, 0.25) is 5.43 Å². The standard InChI is InChI=1S/C30H31N3O3/c1-21(2)33-19-24(28(35)31-18-22-8-4-3-5-9-22)27(34)25(20-33)29(36)32-16-14-30(15-17-32)13-12-23-10-6-7-11-26(23)30/h3-13,19-21H,14-18H2,1-2H3,(H,31,35). The molecule has 0 unspecified atom stereocenters. The van der Waals surface area contributed by atoms with Crippen LogP contribution in [0.4, 0.5) is 0 Å². The minimum Gasteiger partial charge on any atom is -0.350 e. The number of likely N-dealkylation sites (tertiary alicyclic amines) is 1. The first-order chi connectivity index (χ1) is 17.4. The van der Waals surface area contributed by atoms with Crippen LogP contribution >= 0.6 is 0 Å². The first kappa shape index (κ1) is 23.8. The summed E-state index contributed by atoms with van der Waals surface area (Å²) in [6, 6.07) is 17.9. The molecule has 3 aromatic rings. The summed E-state index contributed by atoms with van der Waals surface area (Å²) in [7, 11) is 0. The van der Waals surface area contributed by atoms with Gasteiger partial charge in [-0.25, -0.2) is 0 Å². The molecule has 36 heavy (non-hydrogen) atoms. The van der Waals surface area contributed by atoms with Crippen LogP contribution in [0.5, 0.6) is 0 Å². The fourth-order valence-electron chi connectivity index (χ4n) is 5.23. The smallest absolute Gasteiger partial charge is 0.259 e. The van der Waals surface area contributed by atoms with Crippen LogP contribution in [-0.2, 0) is 12.0 Å². The Labute approximate surface area is 211 Å². The van der Waals surface area contributed by atoms with Gasteiger partial charge in [-0.05, 0) is 43.4 Å². The van der Waals surface area contributed by atoms with Crippen molar-refractivity contribution in [2.75, 3.05) is 13.1 Å². The summed E-state index contributed by atoms with van der Waals surface area (Å²) in [5.74, 6) is -0.782. The van der Waals surface area contributed by atoms with Gasteiger partial charge in [0.15, 0.2) is 0 Å². The van der Waals surface area contributed by atoms with Crippen molar-refractivity contribution in [2.45, 2.75) is 44.7 Å². The highest BCUT2D eigenvalue weighted by molar-refractivity contribution is 5.99. The fourth-order valence-corrected chi connectivity index (χ4v) is 5.23. The predicted octanol–water partition coefficient (Wildman–Crippen LogP) is 4.56. The zero-order valence-corrected chi connectivity index (χ0v) is 20.7. The van der Waals surface area contributed by atoms with E-state index in [9.17, 15) is 14.4 Å². The van der Waals surface area contributed by atoms with E-state index >= 15 is 0 Å². The molecule has 6 heteroatoms. The molecule has 1 aliphatic heterocycles. The quantitative estimate of drug-likeness (QED) is 0.581. The van der Waals surface area contributed by atoms with Crippen molar-refractivity contribution in [3.63, 3.8) is 0 Å². The number of nitrogens with one attached hydrogen (secondary N) is 1. The molecule has 0 radical (unpaired) electrons. The zero-order valence-electron chi connectivity index (χ0n) is 20.7. The number of rotatable bonds is 5. The van der Waals surface area contributed by atoms with Crippen LogP contribution < -0.4 is 10.7 Å². The normalized spacial score (nSPS) is 15.8. The van der Waals surface area contributed by atoms with Gasteiger partial charge in [-0.15, -0.1) is 0 Å². The molecular weight excluding hydrogens is 450 g/mol. The van der Waals surface area contributed by atoms with Gasteiger partial charge >= 0.3 is 0 Å². The first-order valence-corrected chi connectivity index (χ1v) is 12.5. The Balaban J connectivity index is 1.37. The average molecular weight is 482 g/mol. The van der Waals surface area contributed by atoms with Crippen LogP contribution in [-0.4, -0.2) is 34.4 Å². The van der Waals surface area contributed by atoms with Gasteiger partial charge in [0, 0.05) is 43.5 Å². The maximum Gasteiger partial charge on any atom is 0.259 e. The van der Waals surface area contributed by atoms with Crippen LogP contribution in [0.15, 0.2) is 77.9 Å². The molecule has 1 fully saturated rings. The number of benzene rings is 2. The van der Waals surface area contributed by atoms with Crippen molar-refractivity contribution in [3.05, 3.63) is 111 Å². The minimum absolute atomic E-state index is 0.00776. The van der Waals surface area contributed by atoms with E-state index in [1.165, 1.54) is 11.1 Å². The lowest BCUT2D eigenvalue weighted by Gasteiger charge is -2.39. The van der Waals surface area contributed by atoms with E-state index in [4.69, 9.17) is 0 Å². The van der Waals surface area contributed by atoms with Gasteiger partial charge in [-0.1, -0.05) is 66.7 Å². The molecule has 1 aromatic heterocycles. The molecule has 2 heterocycles. The fraction of sp³-hybridized carbons (Fsp3) is 0.300. The molecule has 2 aromatic carbocycles. The van der Waals surface area contributed by atoms with Crippen molar-refractivity contribution in [1.29, 1.82) is 0 Å². The van der Waals surface area contributed by atoms with E-state index < -0.39 is 11.3 Å². The molecule has 6 nitrogen and oxygen atoms in total. The summed E-state index contributed by atoms with van der Waals surface area (Å²) in [5.41, 5.74) is 2.97. The third kappa shape index (κ3) is 4.39. The number of carbonyl (C=O) groups excluding carboxylic acids is 2. The maximum absolute atomic E-state index is 13.6. The predicted molar refractivity (Wildman–Crippen MR) is 141 cm³/mol. The average Bonchev–Trinajstić information content (AvgIpc) is 3.26. The molecule has 1 aliphatic carbocycles. The monoisotopic (exact) mass is 481 g/mol. The van der Waals surface area contributed by atoms with E-state index in [0.717, 1.165) is 18.4 Å².